The zero-order valence-electron chi connectivity index (χ0n) is 9.41. The molecule has 0 unspecified atom stereocenters. The number of fused-ring (bicyclic) bond motifs is 1. The third kappa shape index (κ3) is 2.46. The quantitative estimate of drug-likeness (QED) is 0.492. The summed E-state index contributed by atoms with van der Waals surface area (Å²) < 4.78 is 36.9. The second-order valence-electron chi connectivity index (χ2n) is 4.80. The van der Waals surface area contributed by atoms with Crippen LogP contribution in [-0.2, 0) is 0 Å². The van der Waals surface area contributed by atoms with Gasteiger partial charge in [-0.3, -0.25) is 0 Å². The minimum absolute atomic E-state index is 0.141. The van der Waals surface area contributed by atoms with Crippen molar-refractivity contribution >= 4 is 51.8 Å². The van der Waals surface area contributed by atoms with E-state index < -0.39 is 14.4 Å². The van der Waals surface area contributed by atoms with Gasteiger partial charge in [0.15, 0.2) is 11.5 Å². The number of rotatable bonds is 1. The van der Waals surface area contributed by atoms with Gasteiger partial charge in [0.05, 0.1) is 11.6 Å². The normalized spacial score (nSPS) is 17.4. The molecule has 1 aliphatic heterocycles. The fraction of sp³-hybridized carbons (Fsp3) is 0.400. The van der Waals surface area contributed by atoms with Gasteiger partial charge in [0, 0.05) is 4.47 Å². The number of hydrogen-bond donors (Lipinski definition) is 0. The van der Waals surface area contributed by atoms with E-state index in [1.807, 2.05) is 28.7 Å². The molecule has 0 spiro atoms. The molecule has 1 aliphatic rings. The first-order chi connectivity index (χ1) is 7.62. The van der Waals surface area contributed by atoms with Gasteiger partial charge in [-0.2, -0.15) is 0 Å². The molecule has 2 rings (SSSR count). The number of hydrogen-bond acceptors (Lipinski definition) is 2. The average molecular weight is 435 g/mol. The van der Waals surface area contributed by atoms with Crippen LogP contribution >= 0.6 is 38.5 Å². The lowest BCUT2D eigenvalue weighted by Gasteiger charge is -2.19. The summed E-state index contributed by atoms with van der Waals surface area (Å²) in [5.74, 6) is 0.337. The second kappa shape index (κ2) is 4.06. The fourth-order valence-electron chi connectivity index (χ4n) is 1.59. The van der Waals surface area contributed by atoms with Gasteiger partial charge in [0.1, 0.15) is 0 Å². The van der Waals surface area contributed by atoms with Crippen LogP contribution in [-0.4, -0.2) is 14.4 Å². The van der Waals surface area contributed by atoms with Gasteiger partial charge >= 0.3 is 6.29 Å². The van der Waals surface area contributed by atoms with Gasteiger partial charge in [-0.15, -0.1) is 8.78 Å². The molecule has 0 saturated heterocycles. The lowest BCUT2D eigenvalue weighted by atomic mass is 10.3. The van der Waals surface area contributed by atoms with Gasteiger partial charge in [-0.25, -0.2) is 0 Å². The predicted octanol–water partition coefficient (Wildman–Crippen LogP) is 3.92. The summed E-state index contributed by atoms with van der Waals surface area (Å²) in [7, 11) is -1.78. The Morgan fingerprint density at radius 3 is 2.29 bits per heavy atom. The van der Waals surface area contributed by atoms with E-state index in [-0.39, 0.29) is 11.5 Å². The van der Waals surface area contributed by atoms with E-state index in [0.29, 0.717) is 3.57 Å². The van der Waals surface area contributed by atoms with Crippen LogP contribution in [0.1, 0.15) is 0 Å². The van der Waals surface area contributed by atoms with Crippen molar-refractivity contribution in [1.29, 1.82) is 0 Å². The molecule has 0 atom stereocenters. The summed E-state index contributed by atoms with van der Waals surface area (Å²) in [6.07, 6.45) is -3.56. The van der Waals surface area contributed by atoms with Crippen LogP contribution in [0.25, 0.3) is 0 Å². The molecule has 1 aromatic carbocycles. The van der Waals surface area contributed by atoms with E-state index in [4.69, 9.17) is 0 Å². The topological polar surface area (TPSA) is 18.5 Å². The van der Waals surface area contributed by atoms with Gasteiger partial charge in [0.25, 0.3) is 0 Å². The Morgan fingerprint density at radius 1 is 1.24 bits per heavy atom. The zero-order chi connectivity index (χ0) is 13.0. The van der Waals surface area contributed by atoms with Gasteiger partial charge in [0.2, 0.25) is 0 Å². The molecule has 0 aliphatic carbocycles. The summed E-state index contributed by atoms with van der Waals surface area (Å²) >= 11 is 5.33. The maximum Gasteiger partial charge on any atom is 0.586 e. The largest absolute Gasteiger partial charge is 0.586 e. The molecule has 0 fully saturated rings. The van der Waals surface area contributed by atoms with Crippen LogP contribution in [0.4, 0.5) is 8.78 Å². The Balaban J connectivity index is 2.68. The summed E-state index contributed by atoms with van der Waals surface area (Å²) in [4.78, 5) is 0. The Labute approximate surface area is 121 Å². The fourth-order valence-corrected chi connectivity index (χ4v) is 4.15. The first-order valence-electron chi connectivity index (χ1n) is 4.90. The molecular formula is C10H10BrF2IO2Si. The van der Waals surface area contributed by atoms with E-state index in [2.05, 4.69) is 45.0 Å². The third-order valence-corrected chi connectivity index (χ3v) is 6.81. The summed E-state index contributed by atoms with van der Waals surface area (Å²) in [5.41, 5.74) is 0. The standard InChI is InChI=1S/C10H10BrF2IO2Si/c1-17(2,3)6-4-5(11)7(14)9-8(6)15-10(12,13)16-9/h4H,1-3H3. The molecule has 0 bridgehead atoms. The lowest BCUT2D eigenvalue weighted by Crippen LogP contribution is -2.39. The third-order valence-electron chi connectivity index (χ3n) is 2.38. The monoisotopic (exact) mass is 434 g/mol. The highest BCUT2D eigenvalue weighted by atomic mass is 127. The van der Waals surface area contributed by atoms with Crippen LogP contribution in [0.2, 0.25) is 19.6 Å². The summed E-state index contributed by atoms with van der Waals surface area (Å²) in [5, 5.41) is 0.831. The van der Waals surface area contributed by atoms with Gasteiger partial charge in [-0.05, 0) is 49.8 Å². The summed E-state index contributed by atoms with van der Waals surface area (Å²) in [6, 6.07) is 1.86. The lowest BCUT2D eigenvalue weighted by molar-refractivity contribution is -0.286. The van der Waals surface area contributed by atoms with Gasteiger partial charge in [-0.1, -0.05) is 19.6 Å². The van der Waals surface area contributed by atoms with Crippen molar-refractivity contribution in [2.24, 2.45) is 0 Å². The molecule has 17 heavy (non-hydrogen) atoms. The van der Waals surface area contributed by atoms with Crippen molar-refractivity contribution in [3.05, 3.63) is 14.1 Å². The van der Waals surface area contributed by atoms with E-state index in [1.165, 1.54) is 0 Å². The van der Waals surface area contributed by atoms with Crippen LogP contribution in [0.15, 0.2) is 10.5 Å². The maximum absolute atomic E-state index is 13.2. The highest BCUT2D eigenvalue weighted by molar-refractivity contribution is 14.1. The molecule has 2 nitrogen and oxygen atoms in total. The molecule has 0 radical (unpaired) electrons. The molecule has 1 aromatic rings. The predicted molar refractivity (Wildman–Crippen MR) is 76.0 cm³/mol. The molecule has 1 heterocycles. The molecule has 0 N–H and O–H groups in total. The van der Waals surface area contributed by atoms with Crippen molar-refractivity contribution < 1.29 is 18.3 Å². The highest BCUT2D eigenvalue weighted by Crippen LogP contribution is 2.45. The molecule has 0 saturated carbocycles. The number of halogens is 4. The highest BCUT2D eigenvalue weighted by Gasteiger charge is 2.47. The molecule has 94 valence electrons. The second-order valence-corrected chi connectivity index (χ2v) is 11.8. The van der Waals surface area contributed by atoms with Crippen molar-refractivity contribution in [2.45, 2.75) is 25.9 Å². The SMILES string of the molecule is C[Si](C)(C)c1cc(Br)c(I)c2c1OC(F)(F)O2. The number of ether oxygens (including phenoxy) is 2. The van der Waals surface area contributed by atoms with Crippen molar-refractivity contribution in [3.8, 4) is 11.5 Å². The Kier molecular flexibility index (Phi) is 3.23. The van der Waals surface area contributed by atoms with Crippen LogP contribution in [0.3, 0.4) is 0 Å². The van der Waals surface area contributed by atoms with Crippen molar-refractivity contribution in [2.75, 3.05) is 0 Å². The first-order valence-corrected chi connectivity index (χ1v) is 10.3. The number of alkyl halides is 2. The molecule has 0 amide bonds. The van der Waals surface area contributed by atoms with E-state index in [1.54, 1.807) is 0 Å². The molecule has 0 aromatic heterocycles. The summed E-state index contributed by atoms with van der Waals surface area (Å²) in [6.45, 7) is 6.21. The Bertz CT molecular complexity index is 488. The van der Waals surface area contributed by atoms with Crippen molar-refractivity contribution in [3.63, 3.8) is 0 Å². The van der Waals surface area contributed by atoms with Crippen LogP contribution in [0, 0.1) is 3.57 Å². The number of benzene rings is 1. The van der Waals surface area contributed by atoms with Crippen LogP contribution in [0.5, 0.6) is 11.5 Å². The average Bonchev–Trinajstić information content (AvgIpc) is 2.46. The van der Waals surface area contributed by atoms with E-state index >= 15 is 0 Å². The zero-order valence-corrected chi connectivity index (χ0v) is 14.1. The first kappa shape index (κ1) is 13.5. The van der Waals surface area contributed by atoms with E-state index in [0.717, 1.165) is 9.66 Å². The molecular weight excluding hydrogens is 425 g/mol. The smallest absolute Gasteiger partial charge is 0.395 e. The minimum atomic E-state index is -3.56. The Morgan fingerprint density at radius 2 is 1.76 bits per heavy atom. The van der Waals surface area contributed by atoms with E-state index in [9.17, 15) is 8.78 Å². The van der Waals surface area contributed by atoms with Gasteiger partial charge < -0.3 is 9.47 Å². The van der Waals surface area contributed by atoms with Crippen molar-refractivity contribution in [1.82, 2.24) is 0 Å². The van der Waals surface area contributed by atoms with Crippen LogP contribution < -0.4 is 14.7 Å². The maximum atomic E-state index is 13.2. The minimum Gasteiger partial charge on any atom is -0.395 e. The molecule has 7 heteroatoms. The Hall–Kier alpha value is 0.107.